The minimum absolute atomic E-state index is 0.368. The van der Waals surface area contributed by atoms with E-state index in [2.05, 4.69) is 54.7 Å². The van der Waals surface area contributed by atoms with E-state index in [1.165, 1.54) is 16.7 Å². The first-order valence-corrected chi connectivity index (χ1v) is 7.21. The summed E-state index contributed by atoms with van der Waals surface area (Å²) in [5, 5.41) is 4.57. The molecule has 0 amide bonds. The van der Waals surface area contributed by atoms with Gasteiger partial charge in [-0.05, 0) is 48.6 Å². The summed E-state index contributed by atoms with van der Waals surface area (Å²) in [6.07, 6.45) is 2.28. The maximum absolute atomic E-state index is 6.05. The highest BCUT2D eigenvalue weighted by molar-refractivity contribution is 6.30. The molecule has 0 fully saturated rings. The Labute approximate surface area is 119 Å². The topological polar surface area (TPSA) is 12.0 Å². The fourth-order valence-corrected chi connectivity index (χ4v) is 3.09. The van der Waals surface area contributed by atoms with Crippen LogP contribution in [0, 0.1) is 0 Å². The average Bonchev–Trinajstić information content (AvgIpc) is 2.82. The molecule has 0 heterocycles. The van der Waals surface area contributed by atoms with Crippen LogP contribution in [0.5, 0.6) is 0 Å². The second-order valence-electron chi connectivity index (χ2n) is 5.23. The summed E-state index contributed by atoms with van der Waals surface area (Å²) in [4.78, 5) is 0. The molecule has 2 aromatic carbocycles. The van der Waals surface area contributed by atoms with Crippen LogP contribution in [0.1, 0.15) is 42.1 Å². The highest BCUT2D eigenvalue weighted by Crippen LogP contribution is 2.34. The average molecular weight is 272 g/mol. The van der Waals surface area contributed by atoms with Crippen molar-refractivity contribution in [1.82, 2.24) is 5.32 Å². The molecule has 0 bridgehead atoms. The molecule has 2 heteroatoms. The van der Waals surface area contributed by atoms with Crippen LogP contribution in [0.15, 0.2) is 48.5 Å². The number of aryl methyl sites for hydroxylation is 1. The molecule has 3 rings (SSSR count). The van der Waals surface area contributed by atoms with Crippen molar-refractivity contribution in [3.05, 3.63) is 70.2 Å². The first-order chi connectivity index (χ1) is 9.24. The first-order valence-electron chi connectivity index (χ1n) is 6.83. The van der Waals surface area contributed by atoms with Gasteiger partial charge in [-0.1, -0.05) is 48.0 Å². The number of rotatable bonds is 3. The van der Waals surface area contributed by atoms with E-state index in [1.54, 1.807) is 0 Å². The lowest BCUT2D eigenvalue weighted by molar-refractivity contribution is 0.465. The Hall–Kier alpha value is -1.31. The zero-order valence-corrected chi connectivity index (χ0v) is 11.8. The van der Waals surface area contributed by atoms with Gasteiger partial charge in [-0.25, -0.2) is 0 Å². The third-order valence-electron chi connectivity index (χ3n) is 3.93. The highest BCUT2D eigenvalue weighted by atomic mass is 35.5. The molecule has 0 saturated heterocycles. The van der Waals surface area contributed by atoms with Crippen LogP contribution >= 0.6 is 11.6 Å². The number of hydrogen-bond donors (Lipinski definition) is 1. The van der Waals surface area contributed by atoms with Crippen molar-refractivity contribution in [3.63, 3.8) is 0 Å². The lowest BCUT2D eigenvalue weighted by atomic mass is 10.0. The lowest BCUT2D eigenvalue weighted by Crippen LogP contribution is -2.22. The summed E-state index contributed by atoms with van der Waals surface area (Å²) in [7, 11) is 0. The monoisotopic (exact) mass is 271 g/mol. The number of halogens is 1. The van der Waals surface area contributed by atoms with Crippen molar-refractivity contribution in [2.45, 2.75) is 31.8 Å². The lowest BCUT2D eigenvalue weighted by Gasteiger charge is -2.20. The molecule has 0 aliphatic heterocycles. The van der Waals surface area contributed by atoms with Gasteiger partial charge in [-0.15, -0.1) is 0 Å². The molecule has 19 heavy (non-hydrogen) atoms. The predicted molar refractivity (Wildman–Crippen MR) is 80.5 cm³/mol. The molecule has 0 aromatic heterocycles. The summed E-state index contributed by atoms with van der Waals surface area (Å²) in [5.41, 5.74) is 4.14. The van der Waals surface area contributed by atoms with Gasteiger partial charge in [-0.2, -0.15) is 0 Å². The molecule has 0 saturated carbocycles. The van der Waals surface area contributed by atoms with Crippen molar-refractivity contribution in [1.29, 1.82) is 0 Å². The number of nitrogens with one attached hydrogen (secondary N) is 1. The maximum atomic E-state index is 6.05. The van der Waals surface area contributed by atoms with Crippen LogP contribution < -0.4 is 5.32 Å². The Morgan fingerprint density at radius 1 is 1.16 bits per heavy atom. The van der Waals surface area contributed by atoms with Gasteiger partial charge < -0.3 is 5.32 Å². The molecule has 1 aliphatic rings. The summed E-state index contributed by atoms with van der Waals surface area (Å²) in [5.74, 6) is 0. The van der Waals surface area contributed by atoms with Crippen LogP contribution in [0.4, 0.5) is 0 Å². The van der Waals surface area contributed by atoms with Crippen LogP contribution in [-0.2, 0) is 6.42 Å². The molecule has 2 atom stereocenters. The van der Waals surface area contributed by atoms with Crippen molar-refractivity contribution >= 4 is 11.6 Å². The van der Waals surface area contributed by atoms with Crippen LogP contribution in [0.2, 0.25) is 5.02 Å². The van der Waals surface area contributed by atoms with Gasteiger partial charge in [0.05, 0.1) is 0 Å². The van der Waals surface area contributed by atoms with E-state index in [4.69, 9.17) is 11.6 Å². The number of benzene rings is 2. The second kappa shape index (κ2) is 5.36. The molecule has 0 spiro atoms. The molecule has 2 aromatic rings. The van der Waals surface area contributed by atoms with E-state index in [-0.39, 0.29) is 0 Å². The fourth-order valence-electron chi connectivity index (χ4n) is 2.90. The van der Waals surface area contributed by atoms with E-state index in [0.717, 1.165) is 17.9 Å². The Bertz CT molecular complexity index is 565. The van der Waals surface area contributed by atoms with Crippen molar-refractivity contribution in [2.24, 2.45) is 0 Å². The van der Waals surface area contributed by atoms with Crippen LogP contribution in [0.3, 0.4) is 0 Å². The zero-order valence-electron chi connectivity index (χ0n) is 11.1. The van der Waals surface area contributed by atoms with E-state index < -0.39 is 0 Å². The smallest absolute Gasteiger partial charge is 0.0408 e. The normalized spacial score (nSPS) is 19.2. The molecular weight excluding hydrogens is 254 g/mol. The van der Waals surface area contributed by atoms with Crippen LogP contribution in [-0.4, -0.2) is 0 Å². The molecule has 1 nitrogen and oxygen atoms in total. The number of fused-ring (bicyclic) bond motifs is 1. The zero-order chi connectivity index (χ0) is 13.2. The van der Waals surface area contributed by atoms with E-state index in [0.29, 0.717) is 12.1 Å². The van der Waals surface area contributed by atoms with Crippen molar-refractivity contribution in [2.75, 3.05) is 0 Å². The van der Waals surface area contributed by atoms with Gasteiger partial charge in [0.25, 0.3) is 0 Å². The van der Waals surface area contributed by atoms with E-state index in [1.807, 2.05) is 6.07 Å². The van der Waals surface area contributed by atoms with Gasteiger partial charge in [0.15, 0.2) is 0 Å². The third kappa shape index (κ3) is 2.68. The van der Waals surface area contributed by atoms with E-state index >= 15 is 0 Å². The SMILES string of the molecule is C[C@@H](NC1CCc2cc(Cl)ccc21)c1ccccc1. The molecule has 1 aliphatic carbocycles. The van der Waals surface area contributed by atoms with Gasteiger partial charge >= 0.3 is 0 Å². The molecule has 1 N–H and O–H groups in total. The Morgan fingerprint density at radius 2 is 1.95 bits per heavy atom. The van der Waals surface area contributed by atoms with Crippen LogP contribution in [0.25, 0.3) is 0 Å². The molecule has 98 valence electrons. The largest absolute Gasteiger partial charge is 0.303 e. The minimum Gasteiger partial charge on any atom is -0.303 e. The van der Waals surface area contributed by atoms with E-state index in [9.17, 15) is 0 Å². The van der Waals surface area contributed by atoms with Gasteiger partial charge in [0.1, 0.15) is 0 Å². The predicted octanol–water partition coefficient (Wildman–Crippen LogP) is 4.68. The third-order valence-corrected chi connectivity index (χ3v) is 4.17. The van der Waals surface area contributed by atoms with Crippen molar-refractivity contribution < 1.29 is 0 Å². The van der Waals surface area contributed by atoms with Crippen molar-refractivity contribution in [3.8, 4) is 0 Å². The summed E-state index contributed by atoms with van der Waals surface area (Å²) in [6.45, 7) is 2.23. The quantitative estimate of drug-likeness (QED) is 0.855. The van der Waals surface area contributed by atoms with Gasteiger partial charge in [0.2, 0.25) is 0 Å². The summed E-state index contributed by atoms with van der Waals surface area (Å²) < 4.78 is 0. The minimum atomic E-state index is 0.368. The summed E-state index contributed by atoms with van der Waals surface area (Å²) in [6, 6.07) is 17.7. The molecule has 0 radical (unpaired) electrons. The highest BCUT2D eigenvalue weighted by Gasteiger charge is 2.23. The Kier molecular flexibility index (Phi) is 3.58. The fraction of sp³-hybridized carbons (Fsp3) is 0.294. The standard InChI is InChI=1S/C17H18ClN/c1-12(13-5-3-2-4-6-13)19-17-10-7-14-11-15(18)8-9-16(14)17/h2-6,8-9,11-12,17,19H,7,10H2,1H3/t12-,17?/m1/s1. The molecule has 1 unspecified atom stereocenters. The maximum Gasteiger partial charge on any atom is 0.0408 e. The Balaban J connectivity index is 1.76. The molecular formula is C17H18ClN. The summed E-state index contributed by atoms with van der Waals surface area (Å²) >= 11 is 6.05. The first kappa shape index (κ1) is 12.7. The number of hydrogen-bond acceptors (Lipinski definition) is 1. The van der Waals surface area contributed by atoms with Gasteiger partial charge in [0, 0.05) is 17.1 Å². The second-order valence-corrected chi connectivity index (χ2v) is 5.67. The van der Waals surface area contributed by atoms with Gasteiger partial charge in [-0.3, -0.25) is 0 Å². The Morgan fingerprint density at radius 3 is 2.74 bits per heavy atom.